The molecule has 0 bridgehead atoms. The first-order valence-corrected chi connectivity index (χ1v) is 8.58. The Bertz CT molecular complexity index is 645. The Morgan fingerprint density at radius 2 is 2.00 bits per heavy atom. The van der Waals surface area contributed by atoms with Gasteiger partial charge in [0.2, 0.25) is 0 Å². The smallest absolute Gasteiger partial charge is 0.306 e. The second-order valence-electron chi connectivity index (χ2n) is 6.50. The van der Waals surface area contributed by atoms with Crippen molar-refractivity contribution in [1.82, 2.24) is 4.98 Å². The van der Waals surface area contributed by atoms with Gasteiger partial charge in [-0.3, -0.25) is 9.78 Å². The number of nitrogens with zero attached hydrogens (tertiary/aromatic N) is 2. The third-order valence-electron chi connectivity index (χ3n) is 4.64. The number of carbonyl (C=O) groups excluding carboxylic acids is 1. The number of benzene rings is 1. The van der Waals surface area contributed by atoms with Crippen LogP contribution in [0.4, 0.5) is 5.69 Å². The van der Waals surface area contributed by atoms with Crippen molar-refractivity contribution in [2.45, 2.75) is 25.7 Å². The molecular formula is C20H24N2O2. The normalized spacial score (nSPS) is 18.4. The van der Waals surface area contributed by atoms with Gasteiger partial charge in [0.25, 0.3) is 0 Å². The van der Waals surface area contributed by atoms with Gasteiger partial charge in [0.15, 0.2) is 0 Å². The maximum Gasteiger partial charge on any atom is 0.306 e. The fourth-order valence-corrected chi connectivity index (χ4v) is 3.17. The molecule has 0 aliphatic carbocycles. The molecule has 4 nitrogen and oxygen atoms in total. The van der Waals surface area contributed by atoms with E-state index in [4.69, 9.17) is 4.74 Å². The Labute approximate surface area is 143 Å². The van der Waals surface area contributed by atoms with Gasteiger partial charge in [-0.15, -0.1) is 0 Å². The van der Waals surface area contributed by atoms with Crippen LogP contribution in [0.5, 0.6) is 0 Å². The molecular weight excluding hydrogens is 300 g/mol. The van der Waals surface area contributed by atoms with E-state index in [2.05, 4.69) is 34.1 Å². The zero-order chi connectivity index (χ0) is 16.8. The van der Waals surface area contributed by atoms with E-state index in [0.29, 0.717) is 18.9 Å². The molecule has 126 valence electrons. The molecule has 2 heterocycles. The van der Waals surface area contributed by atoms with Crippen molar-refractivity contribution < 1.29 is 9.53 Å². The lowest BCUT2D eigenvalue weighted by Crippen LogP contribution is -2.22. The molecule has 1 aliphatic heterocycles. The van der Waals surface area contributed by atoms with Crippen LogP contribution in [0.3, 0.4) is 0 Å². The highest BCUT2D eigenvalue weighted by Gasteiger charge is 2.24. The average molecular weight is 324 g/mol. The Balaban J connectivity index is 1.42. The van der Waals surface area contributed by atoms with Crippen molar-refractivity contribution in [3.05, 3.63) is 60.4 Å². The van der Waals surface area contributed by atoms with Gasteiger partial charge in [-0.1, -0.05) is 25.1 Å². The highest BCUT2D eigenvalue weighted by molar-refractivity contribution is 5.70. The summed E-state index contributed by atoms with van der Waals surface area (Å²) in [6.07, 6.45) is 5.00. The third kappa shape index (κ3) is 4.34. The van der Waals surface area contributed by atoms with Crippen LogP contribution in [-0.4, -0.2) is 30.6 Å². The molecule has 3 rings (SSSR count). The van der Waals surface area contributed by atoms with Gasteiger partial charge in [-0.25, -0.2) is 0 Å². The van der Waals surface area contributed by atoms with Crippen LogP contribution in [0.2, 0.25) is 0 Å². The SMILES string of the molecule is C[C@H](CC(=O)OC[C@@H]1CCN(c2ccccc2)C1)c1ccncc1. The molecule has 1 saturated heterocycles. The molecule has 2 atom stereocenters. The molecule has 24 heavy (non-hydrogen) atoms. The summed E-state index contributed by atoms with van der Waals surface area (Å²) in [5.74, 6) is 0.466. The van der Waals surface area contributed by atoms with Gasteiger partial charge in [0.1, 0.15) is 0 Å². The topological polar surface area (TPSA) is 42.4 Å². The number of carbonyl (C=O) groups is 1. The minimum absolute atomic E-state index is 0.113. The van der Waals surface area contributed by atoms with Crippen LogP contribution in [0.25, 0.3) is 0 Å². The molecule has 0 saturated carbocycles. The zero-order valence-corrected chi connectivity index (χ0v) is 14.1. The first kappa shape index (κ1) is 16.5. The molecule has 2 aromatic rings. The van der Waals surface area contributed by atoms with Gasteiger partial charge >= 0.3 is 5.97 Å². The number of esters is 1. The van der Waals surface area contributed by atoms with Crippen LogP contribution < -0.4 is 4.90 Å². The summed E-state index contributed by atoms with van der Waals surface area (Å²) in [7, 11) is 0. The molecule has 0 radical (unpaired) electrons. The first-order valence-electron chi connectivity index (χ1n) is 8.58. The summed E-state index contributed by atoms with van der Waals surface area (Å²) in [6, 6.07) is 14.3. The number of para-hydroxylation sites is 1. The highest BCUT2D eigenvalue weighted by Crippen LogP contribution is 2.24. The molecule has 0 N–H and O–H groups in total. The molecule has 0 spiro atoms. The van der Waals surface area contributed by atoms with Crippen molar-refractivity contribution in [2.24, 2.45) is 5.92 Å². The summed E-state index contributed by atoms with van der Waals surface area (Å²) in [5, 5.41) is 0. The van der Waals surface area contributed by atoms with Crippen LogP contribution in [0.1, 0.15) is 31.2 Å². The van der Waals surface area contributed by atoms with E-state index in [9.17, 15) is 4.79 Å². The van der Waals surface area contributed by atoms with Crippen molar-refractivity contribution in [3.63, 3.8) is 0 Å². The number of rotatable bonds is 6. The molecule has 1 fully saturated rings. The Kier molecular flexibility index (Phi) is 5.47. The minimum atomic E-state index is -0.113. The van der Waals surface area contributed by atoms with Gasteiger partial charge in [-0.2, -0.15) is 0 Å². The molecule has 0 amide bonds. The van der Waals surface area contributed by atoms with Gasteiger partial charge < -0.3 is 9.64 Å². The van der Waals surface area contributed by atoms with Crippen LogP contribution in [-0.2, 0) is 9.53 Å². The number of hydrogen-bond donors (Lipinski definition) is 0. The lowest BCUT2D eigenvalue weighted by atomic mass is 9.99. The summed E-state index contributed by atoms with van der Waals surface area (Å²) in [4.78, 5) is 18.4. The number of aromatic nitrogens is 1. The maximum atomic E-state index is 12.1. The van der Waals surface area contributed by atoms with Gasteiger partial charge in [0, 0.05) is 37.1 Å². The summed E-state index contributed by atoms with van der Waals surface area (Å²) >= 11 is 0. The third-order valence-corrected chi connectivity index (χ3v) is 4.64. The standard InChI is InChI=1S/C20H24N2O2/c1-16(18-7-10-21-11-8-18)13-20(23)24-15-17-9-12-22(14-17)19-5-3-2-4-6-19/h2-8,10-11,16-17H,9,12-15H2,1H3/t16-,17-/m1/s1. The summed E-state index contributed by atoms with van der Waals surface area (Å²) < 4.78 is 5.52. The Morgan fingerprint density at radius 3 is 2.75 bits per heavy atom. The average Bonchev–Trinajstić information content (AvgIpc) is 3.10. The first-order chi connectivity index (χ1) is 11.7. The van der Waals surface area contributed by atoms with Gasteiger partial charge in [-0.05, 0) is 42.2 Å². The largest absolute Gasteiger partial charge is 0.465 e. The Morgan fingerprint density at radius 1 is 1.25 bits per heavy atom. The van der Waals surface area contributed by atoms with E-state index in [1.165, 1.54) is 5.69 Å². The van der Waals surface area contributed by atoms with Crippen molar-refractivity contribution in [1.29, 1.82) is 0 Å². The second kappa shape index (κ2) is 7.95. The summed E-state index contributed by atoms with van der Waals surface area (Å²) in [5.41, 5.74) is 2.37. The van der Waals surface area contributed by atoms with E-state index < -0.39 is 0 Å². The fraction of sp³-hybridized carbons (Fsp3) is 0.400. The summed E-state index contributed by atoms with van der Waals surface area (Å²) in [6.45, 7) is 4.55. The number of pyridine rings is 1. The van der Waals surface area contributed by atoms with E-state index in [0.717, 1.165) is 25.1 Å². The Hall–Kier alpha value is -2.36. The maximum absolute atomic E-state index is 12.1. The van der Waals surface area contributed by atoms with Crippen molar-refractivity contribution in [3.8, 4) is 0 Å². The molecule has 1 aromatic heterocycles. The zero-order valence-electron chi connectivity index (χ0n) is 14.1. The van der Waals surface area contributed by atoms with Gasteiger partial charge in [0.05, 0.1) is 13.0 Å². The van der Waals surface area contributed by atoms with Crippen LogP contribution in [0, 0.1) is 5.92 Å². The van der Waals surface area contributed by atoms with E-state index in [-0.39, 0.29) is 11.9 Å². The monoisotopic (exact) mass is 324 g/mol. The second-order valence-corrected chi connectivity index (χ2v) is 6.50. The molecule has 4 heteroatoms. The molecule has 1 aliphatic rings. The minimum Gasteiger partial charge on any atom is -0.465 e. The lowest BCUT2D eigenvalue weighted by molar-refractivity contribution is -0.145. The lowest BCUT2D eigenvalue weighted by Gasteiger charge is -2.18. The predicted octanol–water partition coefficient (Wildman–Crippen LogP) is 3.64. The van der Waals surface area contributed by atoms with E-state index in [1.54, 1.807) is 12.4 Å². The van der Waals surface area contributed by atoms with Crippen LogP contribution in [0.15, 0.2) is 54.9 Å². The number of ether oxygens (including phenoxy) is 1. The quantitative estimate of drug-likeness (QED) is 0.761. The van der Waals surface area contributed by atoms with E-state index >= 15 is 0 Å². The van der Waals surface area contributed by atoms with Crippen molar-refractivity contribution >= 4 is 11.7 Å². The number of anilines is 1. The predicted molar refractivity (Wildman–Crippen MR) is 95.0 cm³/mol. The molecule has 1 aromatic carbocycles. The highest BCUT2D eigenvalue weighted by atomic mass is 16.5. The van der Waals surface area contributed by atoms with Crippen LogP contribution >= 0.6 is 0 Å². The molecule has 0 unspecified atom stereocenters. The van der Waals surface area contributed by atoms with Crippen molar-refractivity contribution in [2.75, 3.05) is 24.6 Å². The fourth-order valence-electron chi connectivity index (χ4n) is 3.17. The number of hydrogen-bond acceptors (Lipinski definition) is 4. The van der Waals surface area contributed by atoms with E-state index in [1.807, 2.05) is 25.1 Å².